The summed E-state index contributed by atoms with van der Waals surface area (Å²) in [6.07, 6.45) is 6.53. The van der Waals surface area contributed by atoms with Gasteiger partial charge in [0.05, 0.1) is 5.56 Å². The van der Waals surface area contributed by atoms with Crippen molar-refractivity contribution in [3.63, 3.8) is 0 Å². The molecule has 1 saturated carbocycles. The number of rotatable bonds is 4. The summed E-state index contributed by atoms with van der Waals surface area (Å²) in [7, 11) is 0. The van der Waals surface area contributed by atoms with E-state index in [-0.39, 0.29) is 11.4 Å². The molecule has 0 unspecified atom stereocenters. The smallest absolute Gasteiger partial charge is 0.254 e. The Labute approximate surface area is 112 Å². The molecule has 0 saturated heterocycles. The molecule has 0 radical (unpaired) electrons. The lowest BCUT2D eigenvalue weighted by atomic mass is 9.83. The predicted octanol–water partition coefficient (Wildman–Crippen LogP) is 1.35. The van der Waals surface area contributed by atoms with Gasteiger partial charge in [0.15, 0.2) is 5.82 Å². The van der Waals surface area contributed by atoms with Crippen LogP contribution in [-0.2, 0) is 10.3 Å². The molecule has 1 aromatic heterocycles. The largest absolute Gasteiger partial charge is 0.383 e. The zero-order valence-corrected chi connectivity index (χ0v) is 11.2. The van der Waals surface area contributed by atoms with Gasteiger partial charge >= 0.3 is 0 Å². The molecular weight excluding hydrogens is 244 g/mol. The predicted molar refractivity (Wildman–Crippen MR) is 71.4 cm³/mol. The molecule has 0 aromatic carbocycles. The van der Waals surface area contributed by atoms with Crippen molar-refractivity contribution in [1.82, 2.24) is 9.97 Å². The summed E-state index contributed by atoms with van der Waals surface area (Å²) in [5.74, 6) is 0.0804. The van der Waals surface area contributed by atoms with Crippen molar-refractivity contribution in [1.29, 1.82) is 0 Å². The number of primary amides is 1. The number of carbonyl (C=O) groups excluding carboxylic acids is 1. The Hall–Kier alpha value is -1.69. The molecule has 6 heteroatoms. The fourth-order valence-electron chi connectivity index (χ4n) is 2.64. The van der Waals surface area contributed by atoms with E-state index in [1.54, 1.807) is 0 Å². The van der Waals surface area contributed by atoms with Gasteiger partial charge in [-0.05, 0) is 19.8 Å². The highest BCUT2D eigenvalue weighted by Gasteiger charge is 2.37. The Kier molecular flexibility index (Phi) is 3.99. The minimum Gasteiger partial charge on any atom is -0.383 e. The molecule has 1 fully saturated rings. The number of hydrogen-bond acceptors (Lipinski definition) is 5. The molecule has 1 aromatic rings. The van der Waals surface area contributed by atoms with Crippen LogP contribution in [0.4, 0.5) is 5.82 Å². The van der Waals surface area contributed by atoms with E-state index in [0.717, 1.165) is 25.7 Å². The van der Waals surface area contributed by atoms with Crippen LogP contribution in [0.3, 0.4) is 0 Å². The van der Waals surface area contributed by atoms with Crippen LogP contribution in [0.5, 0.6) is 0 Å². The Morgan fingerprint density at radius 3 is 2.63 bits per heavy atom. The van der Waals surface area contributed by atoms with Crippen molar-refractivity contribution in [3.05, 3.63) is 17.6 Å². The van der Waals surface area contributed by atoms with E-state index in [9.17, 15) is 4.79 Å². The lowest BCUT2D eigenvalue weighted by Crippen LogP contribution is -2.35. The summed E-state index contributed by atoms with van der Waals surface area (Å²) in [4.78, 5) is 19.7. The standard InChI is InChI=1S/C13H20N4O2/c1-2-19-13(6-4-3-5-7-13)12-16-8-9(11(15)18)10(14)17-12/h8H,2-7H2,1H3,(H2,15,18)(H2,14,16,17). The number of ether oxygens (including phenoxy) is 1. The topological polar surface area (TPSA) is 104 Å². The average molecular weight is 264 g/mol. The van der Waals surface area contributed by atoms with Crippen LogP contribution in [0.1, 0.15) is 55.2 Å². The second-order valence-corrected chi connectivity index (χ2v) is 4.84. The van der Waals surface area contributed by atoms with Crippen LogP contribution in [0.15, 0.2) is 6.20 Å². The van der Waals surface area contributed by atoms with Crippen molar-refractivity contribution >= 4 is 11.7 Å². The first-order valence-electron chi connectivity index (χ1n) is 6.66. The molecule has 1 amide bonds. The van der Waals surface area contributed by atoms with Crippen molar-refractivity contribution < 1.29 is 9.53 Å². The number of hydrogen-bond donors (Lipinski definition) is 2. The van der Waals surface area contributed by atoms with Gasteiger partial charge in [-0.3, -0.25) is 4.79 Å². The van der Waals surface area contributed by atoms with Crippen molar-refractivity contribution in [2.45, 2.75) is 44.6 Å². The minimum absolute atomic E-state index is 0.127. The van der Waals surface area contributed by atoms with E-state index >= 15 is 0 Å². The molecule has 104 valence electrons. The van der Waals surface area contributed by atoms with Gasteiger partial charge in [-0.1, -0.05) is 19.3 Å². The number of anilines is 1. The Morgan fingerprint density at radius 1 is 1.42 bits per heavy atom. The monoisotopic (exact) mass is 264 g/mol. The molecule has 0 spiro atoms. The molecule has 0 bridgehead atoms. The van der Waals surface area contributed by atoms with Crippen LogP contribution in [0.25, 0.3) is 0 Å². The fraction of sp³-hybridized carbons (Fsp3) is 0.615. The van der Waals surface area contributed by atoms with Gasteiger partial charge in [0, 0.05) is 12.8 Å². The summed E-state index contributed by atoms with van der Waals surface area (Å²) in [5.41, 5.74) is 10.7. The third-order valence-corrected chi connectivity index (χ3v) is 3.57. The first kappa shape index (κ1) is 13.7. The van der Waals surface area contributed by atoms with Crippen LogP contribution < -0.4 is 11.5 Å². The number of amides is 1. The van der Waals surface area contributed by atoms with E-state index in [0.29, 0.717) is 12.4 Å². The molecule has 1 aliphatic carbocycles. The van der Waals surface area contributed by atoms with E-state index in [1.165, 1.54) is 12.6 Å². The molecule has 0 atom stereocenters. The number of aromatic nitrogens is 2. The average Bonchev–Trinajstić information content (AvgIpc) is 2.39. The highest BCUT2D eigenvalue weighted by molar-refractivity contribution is 5.96. The molecule has 19 heavy (non-hydrogen) atoms. The summed E-state index contributed by atoms with van der Waals surface area (Å²) in [5, 5.41) is 0. The molecule has 1 aliphatic rings. The second-order valence-electron chi connectivity index (χ2n) is 4.84. The van der Waals surface area contributed by atoms with Crippen LogP contribution in [0, 0.1) is 0 Å². The van der Waals surface area contributed by atoms with Gasteiger partial charge in [0.25, 0.3) is 5.91 Å². The van der Waals surface area contributed by atoms with Gasteiger partial charge in [-0.15, -0.1) is 0 Å². The van der Waals surface area contributed by atoms with Gasteiger partial charge in [0.1, 0.15) is 11.4 Å². The van der Waals surface area contributed by atoms with E-state index in [2.05, 4.69) is 9.97 Å². The Balaban J connectivity index is 2.37. The number of nitrogens with two attached hydrogens (primary N) is 2. The fourth-order valence-corrected chi connectivity index (χ4v) is 2.64. The van der Waals surface area contributed by atoms with Gasteiger partial charge < -0.3 is 16.2 Å². The number of nitrogen functional groups attached to an aromatic ring is 1. The van der Waals surface area contributed by atoms with Crippen LogP contribution in [-0.4, -0.2) is 22.5 Å². The lowest BCUT2D eigenvalue weighted by Gasteiger charge is -2.35. The number of carbonyl (C=O) groups is 1. The first-order valence-corrected chi connectivity index (χ1v) is 6.66. The third-order valence-electron chi connectivity index (χ3n) is 3.57. The van der Waals surface area contributed by atoms with E-state index in [1.807, 2.05) is 6.92 Å². The Morgan fingerprint density at radius 2 is 2.11 bits per heavy atom. The van der Waals surface area contributed by atoms with Crippen molar-refractivity contribution in [2.24, 2.45) is 5.73 Å². The van der Waals surface area contributed by atoms with E-state index in [4.69, 9.17) is 16.2 Å². The van der Waals surface area contributed by atoms with Crippen molar-refractivity contribution in [3.8, 4) is 0 Å². The highest BCUT2D eigenvalue weighted by atomic mass is 16.5. The lowest BCUT2D eigenvalue weighted by molar-refractivity contribution is -0.0766. The molecule has 1 heterocycles. The summed E-state index contributed by atoms with van der Waals surface area (Å²) in [6.45, 7) is 2.55. The highest BCUT2D eigenvalue weighted by Crippen LogP contribution is 2.39. The minimum atomic E-state index is -0.613. The molecule has 6 nitrogen and oxygen atoms in total. The molecule has 4 N–H and O–H groups in total. The normalized spacial score (nSPS) is 18.2. The van der Waals surface area contributed by atoms with Gasteiger partial charge in [-0.2, -0.15) is 0 Å². The van der Waals surface area contributed by atoms with Crippen molar-refractivity contribution in [2.75, 3.05) is 12.3 Å². The summed E-state index contributed by atoms with van der Waals surface area (Å²) >= 11 is 0. The maximum atomic E-state index is 11.1. The van der Waals surface area contributed by atoms with Gasteiger partial charge in [-0.25, -0.2) is 9.97 Å². The van der Waals surface area contributed by atoms with Crippen LogP contribution in [0.2, 0.25) is 0 Å². The molecule has 0 aliphatic heterocycles. The maximum absolute atomic E-state index is 11.1. The van der Waals surface area contributed by atoms with Crippen LogP contribution >= 0.6 is 0 Å². The number of nitrogens with zero attached hydrogens (tertiary/aromatic N) is 2. The van der Waals surface area contributed by atoms with Gasteiger partial charge in [0.2, 0.25) is 0 Å². The summed E-state index contributed by atoms with van der Waals surface area (Å²) < 4.78 is 5.92. The Bertz CT molecular complexity index is 464. The first-order chi connectivity index (χ1) is 9.09. The SMILES string of the molecule is CCOC1(c2ncc(C(N)=O)c(N)n2)CCCCC1. The van der Waals surface area contributed by atoms with E-state index < -0.39 is 11.5 Å². The zero-order chi connectivity index (χ0) is 13.9. The summed E-state index contributed by atoms with van der Waals surface area (Å²) in [6, 6.07) is 0. The quantitative estimate of drug-likeness (QED) is 0.854. The third kappa shape index (κ3) is 2.68. The molecular formula is C13H20N4O2. The zero-order valence-electron chi connectivity index (χ0n) is 11.2. The maximum Gasteiger partial charge on any atom is 0.254 e. The molecule has 2 rings (SSSR count). The second kappa shape index (κ2) is 5.52.